The van der Waals surface area contributed by atoms with Crippen LogP contribution in [-0.4, -0.2) is 29.2 Å². The van der Waals surface area contributed by atoms with Gasteiger partial charge in [0.2, 0.25) is 0 Å². The van der Waals surface area contributed by atoms with Crippen LogP contribution in [0.3, 0.4) is 0 Å². The van der Waals surface area contributed by atoms with E-state index < -0.39 is 5.97 Å². The van der Waals surface area contributed by atoms with E-state index in [0.717, 1.165) is 37.5 Å². The van der Waals surface area contributed by atoms with E-state index in [0.29, 0.717) is 18.2 Å². The van der Waals surface area contributed by atoms with Crippen molar-refractivity contribution in [2.24, 2.45) is 5.92 Å². The van der Waals surface area contributed by atoms with E-state index in [-0.39, 0.29) is 5.56 Å². The molecule has 1 fully saturated rings. The van der Waals surface area contributed by atoms with Crippen LogP contribution < -0.4 is 10.1 Å². The topological polar surface area (TPSA) is 71.5 Å². The smallest absolute Gasteiger partial charge is 0.337 e. The number of aromatic nitrogens is 1. The molecule has 0 radical (unpaired) electrons. The highest BCUT2D eigenvalue weighted by molar-refractivity contribution is 5.93. The molecule has 1 atom stereocenters. The summed E-state index contributed by atoms with van der Waals surface area (Å²) < 4.78 is 5.94. The Labute approximate surface area is 159 Å². The molecular weight excluding hydrogens is 340 g/mol. The molecule has 1 aromatic carbocycles. The van der Waals surface area contributed by atoms with Crippen molar-refractivity contribution in [2.45, 2.75) is 44.4 Å². The number of nitrogens with zero attached hydrogens (tertiary/aromatic N) is 1. The van der Waals surface area contributed by atoms with Gasteiger partial charge in [-0.25, -0.2) is 4.79 Å². The van der Waals surface area contributed by atoms with Crippen LogP contribution >= 0.6 is 0 Å². The summed E-state index contributed by atoms with van der Waals surface area (Å²) in [7, 11) is 0. The van der Waals surface area contributed by atoms with E-state index in [2.05, 4.69) is 28.5 Å². The maximum atomic E-state index is 11.4. The van der Waals surface area contributed by atoms with Gasteiger partial charge in [-0.15, -0.1) is 0 Å². The van der Waals surface area contributed by atoms with Gasteiger partial charge in [0.25, 0.3) is 0 Å². The minimum atomic E-state index is -0.933. The molecule has 1 heterocycles. The average Bonchev–Trinajstić information content (AvgIpc) is 3.50. The van der Waals surface area contributed by atoms with E-state index >= 15 is 0 Å². The van der Waals surface area contributed by atoms with Crippen molar-refractivity contribution in [1.82, 2.24) is 4.98 Å². The van der Waals surface area contributed by atoms with Crippen LogP contribution in [0.2, 0.25) is 0 Å². The van der Waals surface area contributed by atoms with E-state index in [1.165, 1.54) is 42.7 Å². The third-order valence-electron chi connectivity index (χ3n) is 5.64. The standard InChI is InChI=1S/C22H26N2O3/c25-22(26)20-8-10-23-14-21(20)24-13-17-3-1-2-16-12-18(6-7-19(16)17)27-11-9-15-4-5-15/h6-8,10,12,14-15,17,24H,1-5,9,11,13H2,(H,25,26)/t17-/m0/s1. The molecule has 5 heteroatoms. The zero-order chi connectivity index (χ0) is 18.6. The highest BCUT2D eigenvalue weighted by Crippen LogP contribution is 2.35. The number of aromatic carboxylic acids is 1. The Kier molecular flexibility index (Phi) is 5.28. The lowest BCUT2D eigenvalue weighted by Gasteiger charge is -2.27. The minimum absolute atomic E-state index is 0.264. The van der Waals surface area contributed by atoms with Crippen LogP contribution in [-0.2, 0) is 6.42 Å². The van der Waals surface area contributed by atoms with Crippen molar-refractivity contribution in [3.05, 3.63) is 53.3 Å². The summed E-state index contributed by atoms with van der Waals surface area (Å²) in [6.07, 6.45) is 10.3. The normalized spacial score (nSPS) is 18.6. The number of hydrogen-bond donors (Lipinski definition) is 2. The Balaban J connectivity index is 1.41. The highest BCUT2D eigenvalue weighted by Gasteiger charge is 2.23. The van der Waals surface area contributed by atoms with Gasteiger partial charge in [-0.2, -0.15) is 0 Å². The second-order valence-electron chi connectivity index (χ2n) is 7.64. The van der Waals surface area contributed by atoms with E-state index in [1.807, 2.05) is 0 Å². The third kappa shape index (κ3) is 4.41. The Morgan fingerprint density at radius 2 is 2.15 bits per heavy atom. The molecule has 0 amide bonds. The van der Waals surface area contributed by atoms with E-state index in [1.54, 1.807) is 6.20 Å². The summed E-state index contributed by atoms with van der Waals surface area (Å²) in [6, 6.07) is 8.00. The fourth-order valence-electron chi connectivity index (χ4n) is 3.90. The van der Waals surface area contributed by atoms with Crippen LogP contribution in [0.4, 0.5) is 5.69 Å². The molecule has 2 N–H and O–H groups in total. The molecule has 0 spiro atoms. The first-order valence-electron chi connectivity index (χ1n) is 9.87. The van der Waals surface area contributed by atoms with Crippen LogP contribution in [0.15, 0.2) is 36.7 Å². The molecular formula is C22H26N2O3. The van der Waals surface area contributed by atoms with Gasteiger partial charge < -0.3 is 15.2 Å². The SMILES string of the molecule is O=C(O)c1ccncc1NC[C@@H]1CCCc2cc(OCCC3CC3)ccc21. The van der Waals surface area contributed by atoms with E-state index in [9.17, 15) is 9.90 Å². The van der Waals surface area contributed by atoms with Crippen molar-refractivity contribution < 1.29 is 14.6 Å². The maximum absolute atomic E-state index is 11.4. The highest BCUT2D eigenvalue weighted by atomic mass is 16.5. The number of carboxylic acid groups (broad SMARTS) is 1. The maximum Gasteiger partial charge on any atom is 0.337 e. The molecule has 2 aromatic rings. The van der Waals surface area contributed by atoms with Gasteiger partial charge in [-0.1, -0.05) is 18.9 Å². The Hall–Kier alpha value is -2.56. The number of aryl methyl sites for hydroxylation is 1. The van der Waals surface area contributed by atoms with Gasteiger partial charge in [0, 0.05) is 18.7 Å². The molecule has 0 unspecified atom stereocenters. The average molecular weight is 366 g/mol. The predicted octanol–water partition coefficient (Wildman–Crippen LogP) is 4.49. The monoisotopic (exact) mass is 366 g/mol. The second kappa shape index (κ2) is 7.99. The molecule has 142 valence electrons. The number of carboxylic acids is 1. The number of rotatable bonds is 8. The molecule has 0 saturated heterocycles. The van der Waals surface area contributed by atoms with E-state index in [4.69, 9.17) is 4.74 Å². The van der Waals surface area contributed by atoms with Gasteiger partial charge in [-0.05, 0) is 60.9 Å². The van der Waals surface area contributed by atoms with Gasteiger partial charge in [0.05, 0.1) is 24.1 Å². The second-order valence-corrected chi connectivity index (χ2v) is 7.64. The molecule has 27 heavy (non-hydrogen) atoms. The summed E-state index contributed by atoms with van der Waals surface area (Å²) in [5, 5.41) is 12.6. The lowest BCUT2D eigenvalue weighted by molar-refractivity contribution is 0.0698. The van der Waals surface area contributed by atoms with Crippen LogP contribution in [0.5, 0.6) is 5.75 Å². The summed E-state index contributed by atoms with van der Waals surface area (Å²) in [5.41, 5.74) is 3.56. The lowest BCUT2D eigenvalue weighted by Crippen LogP contribution is -2.19. The Morgan fingerprint density at radius 1 is 1.26 bits per heavy atom. The molecule has 4 rings (SSSR count). The lowest BCUT2D eigenvalue weighted by atomic mass is 9.82. The zero-order valence-corrected chi connectivity index (χ0v) is 15.5. The van der Waals surface area contributed by atoms with Crippen molar-refractivity contribution in [2.75, 3.05) is 18.5 Å². The number of fused-ring (bicyclic) bond motifs is 1. The first-order valence-corrected chi connectivity index (χ1v) is 9.87. The summed E-state index contributed by atoms with van der Waals surface area (Å²) in [5.74, 6) is 1.30. The Morgan fingerprint density at radius 3 is 2.96 bits per heavy atom. The van der Waals surface area contributed by atoms with Crippen LogP contribution in [0.25, 0.3) is 0 Å². The fourth-order valence-corrected chi connectivity index (χ4v) is 3.90. The molecule has 2 aliphatic rings. The van der Waals surface area contributed by atoms with Gasteiger partial charge in [0.1, 0.15) is 5.75 Å². The number of carbonyl (C=O) groups is 1. The summed E-state index contributed by atoms with van der Waals surface area (Å²) >= 11 is 0. The summed E-state index contributed by atoms with van der Waals surface area (Å²) in [6.45, 7) is 1.52. The first-order chi connectivity index (χ1) is 13.2. The molecule has 0 aliphatic heterocycles. The zero-order valence-electron chi connectivity index (χ0n) is 15.5. The van der Waals surface area contributed by atoms with Crippen molar-refractivity contribution >= 4 is 11.7 Å². The molecule has 5 nitrogen and oxygen atoms in total. The Bertz CT molecular complexity index is 817. The summed E-state index contributed by atoms with van der Waals surface area (Å²) in [4.78, 5) is 15.4. The van der Waals surface area contributed by atoms with Crippen LogP contribution in [0, 0.1) is 5.92 Å². The molecule has 1 aromatic heterocycles. The number of ether oxygens (including phenoxy) is 1. The van der Waals surface area contributed by atoms with Crippen LogP contribution in [0.1, 0.15) is 59.5 Å². The van der Waals surface area contributed by atoms with Crippen molar-refractivity contribution in [1.29, 1.82) is 0 Å². The number of anilines is 1. The largest absolute Gasteiger partial charge is 0.494 e. The van der Waals surface area contributed by atoms with Crippen molar-refractivity contribution in [3.8, 4) is 5.75 Å². The minimum Gasteiger partial charge on any atom is -0.494 e. The predicted molar refractivity (Wildman–Crippen MR) is 105 cm³/mol. The number of benzene rings is 1. The van der Waals surface area contributed by atoms with Gasteiger partial charge in [0.15, 0.2) is 0 Å². The number of pyridine rings is 1. The first kappa shape index (κ1) is 17.8. The number of nitrogens with one attached hydrogen (secondary N) is 1. The molecule has 0 bridgehead atoms. The fraction of sp³-hybridized carbons (Fsp3) is 0.455. The van der Waals surface area contributed by atoms with Crippen molar-refractivity contribution in [3.63, 3.8) is 0 Å². The quantitative estimate of drug-likeness (QED) is 0.720. The molecule has 2 aliphatic carbocycles. The van der Waals surface area contributed by atoms with Gasteiger partial charge >= 0.3 is 5.97 Å². The third-order valence-corrected chi connectivity index (χ3v) is 5.64. The number of hydrogen-bond acceptors (Lipinski definition) is 4. The van der Waals surface area contributed by atoms with Gasteiger partial charge in [-0.3, -0.25) is 4.98 Å². The molecule has 1 saturated carbocycles.